The van der Waals surface area contributed by atoms with Gasteiger partial charge < -0.3 is 23.5 Å². The third-order valence-electron chi connectivity index (χ3n) is 9.68. The van der Waals surface area contributed by atoms with Gasteiger partial charge in [0, 0.05) is 17.8 Å². The summed E-state index contributed by atoms with van der Waals surface area (Å²) >= 11 is 0. The Morgan fingerprint density at radius 3 is 2.31 bits per heavy atom. The number of ether oxygens (including phenoxy) is 2. The number of amides is 2. The van der Waals surface area contributed by atoms with Crippen molar-refractivity contribution in [3.8, 4) is 11.3 Å². The predicted octanol–water partition coefficient (Wildman–Crippen LogP) is 8.07. The molecule has 4 aromatic rings. The number of rotatable bonds is 11. The quantitative estimate of drug-likeness (QED) is 0.156. The first kappa shape index (κ1) is 36.1. The fraction of sp³-hybridized carbons (Fsp3) is 0.421. The molecule has 0 saturated carbocycles. The molecule has 1 saturated heterocycles. The van der Waals surface area contributed by atoms with Gasteiger partial charge in [0.2, 0.25) is 0 Å². The van der Waals surface area contributed by atoms with Gasteiger partial charge in [0.05, 0.1) is 18.9 Å². The van der Waals surface area contributed by atoms with Gasteiger partial charge in [0.15, 0.2) is 19.7 Å². The molecule has 49 heavy (non-hydrogen) atoms. The van der Waals surface area contributed by atoms with E-state index >= 15 is 0 Å². The molecule has 11 heteroatoms. The summed E-state index contributed by atoms with van der Waals surface area (Å²) in [6, 6.07) is 21.5. The topological polar surface area (TPSA) is 124 Å². The van der Waals surface area contributed by atoms with Crippen molar-refractivity contribution in [2.45, 2.75) is 103 Å². The molecule has 2 amide bonds. The molecule has 1 aliphatic rings. The lowest BCUT2D eigenvalue weighted by Crippen LogP contribution is -2.54. The maximum absolute atomic E-state index is 14.7. The summed E-state index contributed by atoms with van der Waals surface area (Å²) in [7, 11) is -2.11. The minimum atomic E-state index is -2.11. The highest BCUT2D eigenvalue weighted by atomic mass is 28.4. The first-order chi connectivity index (χ1) is 22.9. The molecular weight excluding hydrogens is 639 g/mol. The smallest absolute Gasteiger partial charge is 0.417 e. The maximum Gasteiger partial charge on any atom is 0.417 e. The zero-order chi connectivity index (χ0) is 35.8. The molecule has 1 aliphatic heterocycles. The summed E-state index contributed by atoms with van der Waals surface area (Å²) in [6.07, 6.45) is -0.633. The molecule has 0 unspecified atom stereocenters. The van der Waals surface area contributed by atoms with Crippen LogP contribution >= 0.6 is 0 Å². The van der Waals surface area contributed by atoms with Crippen LogP contribution in [0.2, 0.25) is 18.1 Å². The number of aliphatic hydroxyl groups excluding tert-OH is 1. The summed E-state index contributed by atoms with van der Waals surface area (Å²) in [5.41, 5.74) is 1.30. The van der Waals surface area contributed by atoms with E-state index in [0.717, 1.165) is 27.3 Å². The van der Waals surface area contributed by atoms with Crippen LogP contribution in [0.25, 0.3) is 11.3 Å². The number of carbonyl (C=O) groups is 2. The largest absolute Gasteiger partial charge is 0.440 e. The van der Waals surface area contributed by atoms with Crippen molar-refractivity contribution in [1.29, 1.82) is 0 Å². The number of benzene rings is 2. The van der Waals surface area contributed by atoms with E-state index in [1.807, 2.05) is 79.9 Å². The maximum atomic E-state index is 14.7. The number of carbonyl (C=O) groups excluding carboxylic acids is 2. The van der Waals surface area contributed by atoms with Crippen molar-refractivity contribution in [3.05, 3.63) is 107 Å². The van der Waals surface area contributed by atoms with Crippen molar-refractivity contribution in [3.63, 3.8) is 0 Å². The third kappa shape index (κ3) is 7.55. The molecule has 1 N–H and O–H groups in total. The fourth-order valence-corrected chi connectivity index (χ4v) is 6.48. The Labute approximate surface area is 289 Å². The Morgan fingerprint density at radius 2 is 1.69 bits per heavy atom. The van der Waals surface area contributed by atoms with Crippen LogP contribution in [-0.4, -0.2) is 51.7 Å². The lowest BCUT2D eigenvalue weighted by Gasteiger charge is -2.37. The fourth-order valence-electron chi connectivity index (χ4n) is 5.55. The number of imide groups is 1. The lowest BCUT2D eigenvalue weighted by molar-refractivity contribution is -0.175. The van der Waals surface area contributed by atoms with Crippen molar-refractivity contribution >= 4 is 20.3 Å². The molecule has 0 aliphatic carbocycles. The molecule has 0 spiro atoms. The number of aliphatic hydroxyl groups is 1. The zero-order valence-corrected chi connectivity index (χ0v) is 30.8. The second-order valence-electron chi connectivity index (χ2n) is 14.9. The second-order valence-corrected chi connectivity index (χ2v) is 19.8. The second kappa shape index (κ2) is 13.6. The van der Waals surface area contributed by atoms with E-state index in [1.54, 1.807) is 19.9 Å². The minimum absolute atomic E-state index is 0.0174. The standard InChI is InChI=1S/C38H47N3O7Si/c1-25-15-20-30(39-22-25)27-18-16-26(17-19-27)23-45-38(7,33(42)31-21-29(48-40-31)24-46-49(8,9)36(2,3)4)34(43)41-32(28-13-11-10-12-14-28)37(5,6)47-35(41)44/h10-22,32-33,42H,23-24H2,1-9H3/t32-,33-,38-/m0/s1. The number of hydrogen-bond donors (Lipinski definition) is 1. The van der Waals surface area contributed by atoms with Crippen LogP contribution in [0.4, 0.5) is 4.79 Å². The summed E-state index contributed by atoms with van der Waals surface area (Å²) in [6.45, 7) is 17.7. The zero-order valence-electron chi connectivity index (χ0n) is 29.8. The predicted molar refractivity (Wildman–Crippen MR) is 188 cm³/mol. The SMILES string of the molecule is Cc1ccc(-c2ccc(CO[C@](C)(C(=O)N3C(=O)OC(C)(C)[C@@H]3c3ccccc3)[C@@H](O)c3cc(CO[Si](C)(C)C(C)(C)C)on3)cc2)nc1. The van der Waals surface area contributed by atoms with E-state index < -0.39 is 43.7 Å². The van der Waals surface area contributed by atoms with Gasteiger partial charge in [-0.3, -0.25) is 9.78 Å². The molecule has 0 radical (unpaired) electrons. The van der Waals surface area contributed by atoms with E-state index in [4.69, 9.17) is 18.4 Å². The Kier molecular flexibility index (Phi) is 10.0. The first-order valence-electron chi connectivity index (χ1n) is 16.5. The molecule has 1 fully saturated rings. The molecular formula is C38H47N3O7Si. The Hall–Kier alpha value is -4.16. The number of pyridine rings is 1. The van der Waals surface area contributed by atoms with Crippen molar-refractivity contribution < 1.29 is 33.1 Å². The Morgan fingerprint density at radius 1 is 1.02 bits per heavy atom. The van der Waals surface area contributed by atoms with Crippen LogP contribution in [0.3, 0.4) is 0 Å². The molecule has 5 rings (SSSR count). The first-order valence-corrected chi connectivity index (χ1v) is 19.4. The van der Waals surface area contributed by atoms with Gasteiger partial charge in [-0.2, -0.15) is 0 Å². The van der Waals surface area contributed by atoms with Crippen LogP contribution in [-0.2, 0) is 31.9 Å². The van der Waals surface area contributed by atoms with E-state index in [0.29, 0.717) is 11.3 Å². The average molecular weight is 686 g/mol. The lowest BCUT2D eigenvalue weighted by atomic mass is 9.88. The van der Waals surface area contributed by atoms with Crippen LogP contribution in [0.5, 0.6) is 0 Å². The van der Waals surface area contributed by atoms with E-state index in [2.05, 4.69) is 44.0 Å². The monoisotopic (exact) mass is 685 g/mol. The van der Waals surface area contributed by atoms with Crippen molar-refractivity contribution in [1.82, 2.24) is 15.0 Å². The Balaban J connectivity index is 1.46. The number of cyclic esters (lactones) is 1. The Bertz CT molecular complexity index is 1770. The van der Waals surface area contributed by atoms with Gasteiger partial charge in [-0.25, -0.2) is 9.69 Å². The van der Waals surface area contributed by atoms with Crippen molar-refractivity contribution in [2.24, 2.45) is 0 Å². The molecule has 3 atom stereocenters. The third-order valence-corrected chi connectivity index (χ3v) is 14.2. The number of hydrogen-bond acceptors (Lipinski definition) is 9. The van der Waals surface area contributed by atoms with Crippen LogP contribution in [0, 0.1) is 6.92 Å². The van der Waals surface area contributed by atoms with Gasteiger partial charge in [0.25, 0.3) is 5.91 Å². The average Bonchev–Trinajstić information content (AvgIpc) is 3.63. The molecule has 0 bridgehead atoms. The normalized spacial score (nSPS) is 18.2. The molecule has 10 nitrogen and oxygen atoms in total. The van der Waals surface area contributed by atoms with E-state index in [9.17, 15) is 14.7 Å². The summed E-state index contributed by atoms with van der Waals surface area (Å²) in [5.74, 6) is -0.371. The van der Waals surface area contributed by atoms with Gasteiger partial charge in [-0.15, -0.1) is 0 Å². The highest BCUT2D eigenvalue weighted by Gasteiger charge is 2.57. The number of nitrogens with zero attached hydrogens (tertiary/aromatic N) is 3. The molecule has 260 valence electrons. The van der Waals surface area contributed by atoms with Gasteiger partial charge >= 0.3 is 6.09 Å². The minimum Gasteiger partial charge on any atom is -0.440 e. The van der Waals surface area contributed by atoms with Gasteiger partial charge in [0.1, 0.15) is 23.4 Å². The molecule has 2 aromatic heterocycles. The van der Waals surface area contributed by atoms with Gasteiger partial charge in [-0.05, 0) is 68.6 Å². The highest BCUT2D eigenvalue weighted by molar-refractivity contribution is 6.74. The van der Waals surface area contributed by atoms with Gasteiger partial charge in [-0.1, -0.05) is 86.6 Å². The summed E-state index contributed by atoms with van der Waals surface area (Å²) < 4.78 is 24.0. The van der Waals surface area contributed by atoms with Crippen LogP contribution in [0.1, 0.15) is 81.8 Å². The molecule has 3 heterocycles. The number of aryl methyl sites for hydroxylation is 1. The highest BCUT2D eigenvalue weighted by Crippen LogP contribution is 2.44. The number of aromatic nitrogens is 2. The van der Waals surface area contributed by atoms with Crippen molar-refractivity contribution in [2.75, 3.05) is 0 Å². The molecule has 2 aromatic carbocycles. The summed E-state index contributed by atoms with van der Waals surface area (Å²) in [5, 5.41) is 16.0. The summed E-state index contributed by atoms with van der Waals surface area (Å²) in [4.78, 5) is 33.7. The van der Waals surface area contributed by atoms with E-state index in [1.165, 1.54) is 6.92 Å². The van der Waals surface area contributed by atoms with Crippen LogP contribution in [0.15, 0.2) is 83.5 Å². The van der Waals surface area contributed by atoms with E-state index in [-0.39, 0.29) is 23.9 Å². The van der Waals surface area contributed by atoms with Crippen LogP contribution < -0.4 is 0 Å².